The Hall–Kier alpha value is -1.36. The molecule has 2 heterocycles. The Morgan fingerprint density at radius 2 is 2.28 bits per heavy atom. The molecule has 5 nitrogen and oxygen atoms in total. The van der Waals surface area contributed by atoms with Crippen LogP contribution in [-0.2, 0) is 0 Å². The molecule has 2 aliphatic rings. The number of nitrogens with one attached hydrogen (secondary N) is 3. The van der Waals surface area contributed by atoms with Crippen LogP contribution in [0.1, 0.15) is 48.3 Å². The van der Waals surface area contributed by atoms with E-state index in [1.807, 2.05) is 6.07 Å². The molecule has 1 aliphatic heterocycles. The summed E-state index contributed by atoms with van der Waals surface area (Å²) in [6.07, 6.45) is 3.43. The third kappa shape index (κ3) is 2.41. The van der Waals surface area contributed by atoms with Gasteiger partial charge < -0.3 is 10.6 Å². The second-order valence-corrected chi connectivity index (χ2v) is 5.53. The van der Waals surface area contributed by atoms with Gasteiger partial charge in [-0.05, 0) is 44.3 Å². The first kappa shape index (κ1) is 11.7. The van der Waals surface area contributed by atoms with E-state index in [0.29, 0.717) is 17.5 Å². The van der Waals surface area contributed by atoms with Crippen LogP contribution in [0, 0.1) is 5.92 Å². The lowest BCUT2D eigenvalue weighted by atomic mass is 9.95. The molecule has 1 aromatic heterocycles. The molecule has 3 N–H and O–H groups in total. The number of aromatic nitrogens is 2. The van der Waals surface area contributed by atoms with Gasteiger partial charge in [0.25, 0.3) is 5.91 Å². The smallest absolute Gasteiger partial charge is 0.272 e. The molecule has 2 fully saturated rings. The van der Waals surface area contributed by atoms with E-state index in [4.69, 9.17) is 0 Å². The summed E-state index contributed by atoms with van der Waals surface area (Å²) in [6, 6.07) is 2.17. The topological polar surface area (TPSA) is 69.8 Å². The van der Waals surface area contributed by atoms with Crippen LogP contribution in [0.4, 0.5) is 0 Å². The molecule has 0 aromatic carbocycles. The van der Waals surface area contributed by atoms with Gasteiger partial charge in [0.2, 0.25) is 0 Å². The summed E-state index contributed by atoms with van der Waals surface area (Å²) in [5.74, 6) is 1.04. The molecule has 5 heteroatoms. The van der Waals surface area contributed by atoms with E-state index in [0.717, 1.165) is 25.2 Å². The Balaban J connectivity index is 1.62. The fourth-order valence-corrected chi connectivity index (χ4v) is 2.53. The van der Waals surface area contributed by atoms with Crippen molar-refractivity contribution < 1.29 is 4.79 Å². The standard InChI is InChI=1S/C13H20N4O/c1-8-7-14-5-4-10(8)15-13(18)12-6-11(16-17-12)9-2-3-9/h6,8-10,14H,2-5,7H2,1H3,(H,15,18)(H,16,17). The van der Waals surface area contributed by atoms with Crippen LogP contribution in [-0.4, -0.2) is 35.2 Å². The third-order valence-corrected chi connectivity index (χ3v) is 3.95. The fourth-order valence-electron chi connectivity index (χ4n) is 2.53. The highest BCUT2D eigenvalue weighted by Gasteiger charge is 2.28. The van der Waals surface area contributed by atoms with Crippen molar-refractivity contribution >= 4 is 5.91 Å². The van der Waals surface area contributed by atoms with Crippen molar-refractivity contribution in [1.29, 1.82) is 0 Å². The van der Waals surface area contributed by atoms with Crippen LogP contribution in [0.3, 0.4) is 0 Å². The number of amides is 1. The highest BCUT2D eigenvalue weighted by Crippen LogP contribution is 2.38. The number of H-pyrrole nitrogens is 1. The predicted molar refractivity (Wildman–Crippen MR) is 68.5 cm³/mol. The molecule has 18 heavy (non-hydrogen) atoms. The highest BCUT2D eigenvalue weighted by atomic mass is 16.2. The molecule has 1 saturated heterocycles. The van der Waals surface area contributed by atoms with Gasteiger partial charge in [0.15, 0.2) is 0 Å². The van der Waals surface area contributed by atoms with Crippen LogP contribution >= 0.6 is 0 Å². The minimum Gasteiger partial charge on any atom is -0.348 e. The van der Waals surface area contributed by atoms with E-state index in [9.17, 15) is 4.79 Å². The van der Waals surface area contributed by atoms with Gasteiger partial charge in [-0.15, -0.1) is 0 Å². The highest BCUT2D eigenvalue weighted by molar-refractivity contribution is 5.92. The summed E-state index contributed by atoms with van der Waals surface area (Å²) in [7, 11) is 0. The molecule has 3 rings (SSSR count). The molecule has 0 radical (unpaired) electrons. The first-order chi connectivity index (χ1) is 8.74. The van der Waals surface area contributed by atoms with Crippen LogP contribution < -0.4 is 10.6 Å². The summed E-state index contributed by atoms with van der Waals surface area (Å²) in [5.41, 5.74) is 1.64. The summed E-state index contributed by atoms with van der Waals surface area (Å²) < 4.78 is 0. The SMILES string of the molecule is CC1CNCCC1NC(=O)c1cc(C2CC2)[nH]n1. The predicted octanol–water partition coefficient (Wildman–Crippen LogP) is 1.01. The molecular formula is C13H20N4O. The summed E-state index contributed by atoms with van der Waals surface area (Å²) in [6.45, 7) is 4.11. The van der Waals surface area contributed by atoms with Crippen molar-refractivity contribution in [3.8, 4) is 0 Å². The second kappa shape index (κ2) is 4.72. The number of hydrogen-bond acceptors (Lipinski definition) is 3. The summed E-state index contributed by atoms with van der Waals surface area (Å²) >= 11 is 0. The van der Waals surface area contributed by atoms with Gasteiger partial charge in [-0.25, -0.2) is 0 Å². The van der Waals surface area contributed by atoms with Gasteiger partial charge in [-0.1, -0.05) is 6.92 Å². The van der Waals surface area contributed by atoms with E-state index in [2.05, 4.69) is 27.8 Å². The van der Waals surface area contributed by atoms with Gasteiger partial charge in [-0.3, -0.25) is 9.89 Å². The molecule has 1 aromatic rings. The van der Waals surface area contributed by atoms with Gasteiger partial charge >= 0.3 is 0 Å². The van der Waals surface area contributed by atoms with Crippen molar-refractivity contribution in [2.75, 3.05) is 13.1 Å². The number of rotatable bonds is 3. The fraction of sp³-hybridized carbons (Fsp3) is 0.692. The number of piperidine rings is 1. The minimum atomic E-state index is -0.0445. The maximum Gasteiger partial charge on any atom is 0.272 e. The average Bonchev–Trinajstić information content (AvgIpc) is 3.10. The van der Waals surface area contributed by atoms with E-state index in [1.54, 1.807) is 0 Å². The first-order valence-electron chi connectivity index (χ1n) is 6.81. The molecule has 1 saturated carbocycles. The van der Waals surface area contributed by atoms with E-state index in [1.165, 1.54) is 12.8 Å². The molecule has 2 atom stereocenters. The van der Waals surface area contributed by atoms with E-state index in [-0.39, 0.29) is 11.9 Å². The minimum absolute atomic E-state index is 0.0445. The van der Waals surface area contributed by atoms with Crippen LogP contribution in [0.2, 0.25) is 0 Å². The zero-order valence-corrected chi connectivity index (χ0v) is 10.7. The average molecular weight is 248 g/mol. The van der Waals surface area contributed by atoms with E-state index >= 15 is 0 Å². The lowest BCUT2D eigenvalue weighted by molar-refractivity contribution is 0.0909. The Morgan fingerprint density at radius 1 is 1.44 bits per heavy atom. The van der Waals surface area contributed by atoms with Crippen molar-refractivity contribution in [3.05, 3.63) is 17.5 Å². The monoisotopic (exact) mass is 248 g/mol. The van der Waals surface area contributed by atoms with Crippen LogP contribution in [0.5, 0.6) is 0 Å². The molecule has 1 aliphatic carbocycles. The zero-order valence-electron chi connectivity index (χ0n) is 10.7. The molecule has 1 amide bonds. The number of aromatic amines is 1. The van der Waals surface area contributed by atoms with E-state index < -0.39 is 0 Å². The number of hydrogen-bond donors (Lipinski definition) is 3. The number of nitrogens with zero attached hydrogens (tertiary/aromatic N) is 1. The van der Waals surface area contributed by atoms with Gasteiger partial charge in [0, 0.05) is 17.7 Å². The molecular weight excluding hydrogens is 228 g/mol. The van der Waals surface area contributed by atoms with Gasteiger partial charge in [0.05, 0.1) is 0 Å². The second-order valence-electron chi connectivity index (χ2n) is 5.53. The number of carbonyl (C=O) groups is 1. The van der Waals surface area contributed by atoms with Crippen LogP contribution in [0.25, 0.3) is 0 Å². The summed E-state index contributed by atoms with van der Waals surface area (Å²) in [5, 5.41) is 13.5. The normalized spacial score (nSPS) is 28.1. The Kier molecular flexibility index (Phi) is 3.07. The zero-order chi connectivity index (χ0) is 12.5. The molecule has 98 valence electrons. The lowest BCUT2D eigenvalue weighted by Crippen LogP contribution is -2.48. The quantitative estimate of drug-likeness (QED) is 0.748. The van der Waals surface area contributed by atoms with Crippen LogP contribution in [0.15, 0.2) is 6.07 Å². The molecule has 2 unspecified atom stereocenters. The Labute approximate surface area is 107 Å². The maximum atomic E-state index is 12.1. The molecule has 0 bridgehead atoms. The maximum absolute atomic E-state index is 12.1. The first-order valence-corrected chi connectivity index (χ1v) is 6.81. The lowest BCUT2D eigenvalue weighted by Gasteiger charge is -2.29. The molecule has 0 spiro atoms. The van der Waals surface area contributed by atoms with Crippen molar-refractivity contribution in [2.24, 2.45) is 5.92 Å². The van der Waals surface area contributed by atoms with Crippen molar-refractivity contribution in [3.63, 3.8) is 0 Å². The Morgan fingerprint density at radius 3 is 3.00 bits per heavy atom. The van der Waals surface area contributed by atoms with Crippen molar-refractivity contribution in [2.45, 2.75) is 38.1 Å². The largest absolute Gasteiger partial charge is 0.348 e. The van der Waals surface area contributed by atoms with Crippen molar-refractivity contribution in [1.82, 2.24) is 20.8 Å². The third-order valence-electron chi connectivity index (χ3n) is 3.95. The Bertz CT molecular complexity index is 438. The van der Waals surface area contributed by atoms with Gasteiger partial charge in [-0.2, -0.15) is 5.10 Å². The summed E-state index contributed by atoms with van der Waals surface area (Å²) in [4.78, 5) is 12.1. The van der Waals surface area contributed by atoms with Gasteiger partial charge in [0.1, 0.15) is 5.69 Å². The number of carbonyl (C=O) groups excluding carboxylic acids is 1.